The van der Waals surface area contributed by atoms with E-state index in [1.807, 2.05) is 7.05 Å². The Labute approximate surface area is 91.2 Å². The van der Waals surface area contributed by atoms with E-state index in [2.05, 4.69) is 31.2 Å². The van der Waals surface area contributed by atoms with E-state index in [-0.39, 0.29) is 6.10 Å². The topological polar surface area (TPSA) is 47.0 Å². The molecule has 5 heteroatoms. The normalized spacial score (nSPS) is 21.1. The van der Waals surface area contributed by atoms with E-state index in [1.54, 1.807) is 6.20 Å². The standard InChI is InChI=1S/C9H12BrN3O/c1-11-8-6(10)5-12-9(13-8)7-3-2-4-14-7/h5,7H,2-4H2,1H3,(H,11,12,13). The summed E-state index contributed by atoms with van der Waals surface area (Å²) in [6, 6.07) is 0. The molecule has 2 rings (SSSR count). The van der Waals surface area contributed by atoms with Crippen LogP contribution in [0.2, 0.25) is 0 Å². The Morgan fingerprint density at radius 1 is 1.64 bits per heavy atom. The summed E-state index contributed by atoms with van der Waals surface area (Å²) >= 11 is 3.37. The van der Waals surface area contributed by atoms with Crippen molar-refractivity contribution in [3.05, 3.63) is 16.5 Å². The molecule has 14 heavy (non-hydrogen) atoms. The number of aromatic nitrogens is 2. The van der Waals surface area contributed by atoms with Crippen LogP contribution in [0.1, 0.15) is 24.8 Å². The van der Waals surface area contributed by atoms with Gasteiger partial charge in [-0.2, -0.15) is 0 Å². The molecule has 0 bridgehead atoms. The van der Waals surface area contributed by atoms with Crippen LogP contribution < -0.4 is 5.32 Å². The van der Waals surface area contributed by atoms with Crippen LogP contribution in [-0.4, -0.2) is 23.6 Å². The van der Waals surface area contributed by atoms with Crippen molar-refractivity contribution in [1.29, 1.82) is 0 Å². The molecular formula is C9H12BrN3O. The Bertz CT molecular complexity index is 326. The second kappa shape index (κ2) is 4.23. The second-order valence-corrected chi connectivity index (χ2v) is 4.03. The molecule has 1 saturated heterocycles. The average Bonchev–Trinajstić information content (AvgIpc) is 2.71. The Morgan fingerprint density at radius 3 is 3.14 bits per heavy atom. The highest BCUT2D eigenvalue weighted by molar-refractivity contribution is 9.10. The van der Waals surface area contributed by atoms with E-state index in [9.17, 15) is 0 Å². The Balaban J connectivity index is 2.25. The quantitative estimate of drug-likeness (QED) is 0.882. The molecule has 1 N–H and O–H groups in total. The summed E-state index contributed by atoms with van der Waals surface area (Å²) in [6.07, 6.45) is 3.95. The van der Waals surface area contributed by atoms with Gasteiger partial charge in [-0.25, -0.2) is 9.97 Å². The van der Waals surface area contributed by atoms with Gasteiger partial charge in [0.2, 0.25) is 0 Å². The molecule has 0 amide bonds. The van der Waals surface area contributed by atoms with E-state index in [0.717, 1.165) is 35.6 Å². The van der Waals surface area contributed by atoms with Crippen LogP contribution in [0.25, 0.3) is 0 Å². The fraction of sp³-hybridized carbons (Fsp3) is 0.556. The van der Waals surface area contributed by atoms with E-state index < -0.39 is 0 Å². The molecule has 1 unspecified atom stereocenters. The first kappa shape index (κ1) is 9.86. The predicted octanol–water partition coefficient (Wildman–Crippen LogP) is 2.13. The Kier molecular flexibility index (Phi) is 2.98. The van der Waals surface area contributed by atoms with Gasteiger partial charge in [0.1, 0.15) is 11.9 Å². The van der Waals surface area contributed by atoms with Gasteiger partial charge in [-0.15, -0.1) is 0 Å². The molecule has 0 radical (unpaired) electrons. The molecule has 0 aromatic carbocycles. The Hall–Kier alpha value is -0.680. The van der Waals surface area contributed by atoms with Gasteiger partial charge >= 0.3 is 0 Å². The van der Waals surface area contributed by atoms with E-state index >= 15 is 0 Å². The van der Waals surface area contributed by atoms with Crippen molar-refractivity contribution in [2.45, 2.75) is 18.9 Å². The van der Waals surface area contributed by atoms with Crippen molar-refractivity contribution in [2.75, 3.05) is 19.0 Å². The van der Waals surface area contributed by atoms with Crippen molar-refractivity contribution in [3.63, 3.8) is 0 Å². The monoisotopic (exact) mass is 257 g/mol. The highest BCUT2D eigenvalue weighted by Gasteiger charge is 2.21. The van der Waals surface area contributed by atoms with Gasteiger partial charge in [0, 0.05) is 19.9 Å². The molecule has 1 aromatic heterocycles. The molecule has 1 aliphatic rings. The molecule has 76 valence electrons. The van der Waals surface area contributed by atoms with E-state index in [0.29, 0.717) is 0 Å². The largest absolute Gasteiger partial charge is 0.372 e. The predicted molar refractivity (Wildman–Crippen MR) is 57.2 cm³/mol. The summed E-state index contributed by atoms with van der Waals surface area (Å²) in [5.74, 6) is 1.58. The minimum Gasteiger partial charge on any atom is -0.372 e. The highest BCUT2D eigenvalue weighted by atomic mass is 79.9. The van der Waals surface area contributed by atoms with Crippen molar-refractivity contribution in [2.24, 2.45) is 0 Å². The number of ether oxygens (including phenoxy) is 1. The van der Waals surface area contributed by atoms with Crippen molar-refractivity contribution in [3.8, 4) is 0 Å². The number of anilines is 1. The molecule has 0 saturated carbocycles. The average molecular weight is 258 g/mol. The van der Waals surface area contributed by atoms with E-state index in [4.69, 9.17) is 4.74 Å². The zero-order valence-corrected chi connectivity index (χ0v) is 9.54. The number of hydrogen-bond acceptors (Lipinski definition) is 4. The third-order valence-electron chi connectivity index (χ3n) is 2.22. The number of nitrogens with zero attached hydrogens (tertiary/aromatic N) is 2. The third kappa shape index (κ3) is 1.88. The van der Waals surface area contributed by atoms with Gasteiger partial charge in [0.15, 0.2) is 5.82 Å². The molecule has 4 nitrogen and oxygen atoms in total. The van der Waals surface area contributed by atoms with Crippen molar-refractivity contribution < 1.29 is 4.74 Å². The maximum atomic E-state index is 5.51. The van der Waals surface area contributed by atoms with Crippen LogP contribution in [0.3, 0.4) is 0 Å². The number of halogens is 1. The SMILES string of the molecule is CNc1nc(C2CCCO2)ncc1Br. The lowest BCUT2D eigenvalue weighted by Crippen LogP contribution is -2.05. The third-order valence-corrected chi connectivity index (χ3v) is 2.80. The summed E-state index contributed by atoms with van der Waals surface area (Å²) in [6.45, 7) is 0.818. The lowest BCUT2D eigenvalue weighted by Gasteiger charge is -2.09. The van der Waals surface area contributed by atoms with Crippen LogP contribution in [-0.2, 0) is 4.74 Å². The minimum absolute atomic E-state index is 0.0789. The maximum absolute atomic E-state index is 5.51. The summed E-state index contributed by atoms with van der Waals surface area (Å²) in [7, 11) is 1.84. The van der Waals surface area contributed by atoms with Crippen molar-refractivity contribution >= 4 is 21.7 Å². The first-order valence-corrected chi connectivity index (χ1v) is 5.42. The van der Waals surface area contributed by atoms with Crippen molar-refractivity contribution in [1.82, 2.24) is 9.97 Å². The number of hydrogen-bond donors (Lipinski definition) is 1. The molecule has 0 spiro atoms. The van der Waals surface area contributed by atoms with Crippen LogP contribution in [0.15, 0.2) is 10.7 Å². The number of rotatable bonds is 2. The first-order chi connectivity index (χ1) is 6.81. The summed E-state index contributed by atoms with van der Waals surface area (Å²) < 4.78 is 6.39. The lowest BCUT2D eigenvalue weighted by molar-refractivity contribution is 0.105. The van der Waals surface area contributed by atoms with Gasteiger partial charge in [0.25, 0.3) is 0 Å². The van der Waals surface area contributed by atoms with Crippen LogP contribution >= 0.6 is 15.9 Å². The van der Waals surface area contributed by atoms with Crippen LogP contribution in [0.5, 0.6) is 0 Å². The molecule has 1 fully saturated rings. The fourth-order valence-electron chi connectivity index (χ4n) is 1.49. The van der Waals surface area contributed by atoms with Gasteiger partial charge in [-0.3, -0.25) is 0 Å². The maximum Gasteiger partial charge on any atom is 0.159 e. The molecule has 1 atom stereocenters. The lowest BCUT2D eigenvalue weighted by atomic mass is 10.2. The van der Waals surface area contributed by atoms with Gasteiger partial charge in [0.05, 0.1) is 4.47 Å². The molecule has 0 aliphatic carbocycles. The van der Waals surface area contributed by atoms with Gasteiger partial charge in [-0.05, 0) is 28.8 Å². The second-order valence-electron chi connectivity index (χ2n) is 3.18. The smallest absolute Gasteiger partial charge is 0.159 e. The Morgan fingerprint density at radius 2 is 2.50 bits per heavy atom. The number of nitrogens with one attached hydrogen (secondary N) is 1. The summed E-state index contributed by atoms with van der Waals surface area (Å²) in [5, 5.41) is 3.01. The minimum atomic E-state index is 0.0789. The molecule has 2 heterocycles. The molecule has 1 aromatic rings. The molecule has 1 aliphatic heterocycles. The first-order valence-electron chi connectivity index (χ1n) is 4.63. The zero-order valence-electron chi connectivity index (χ0n) is 7.96. The summed E-state index contributed by atoms with van der Waals surface area (Å²) in [5.41, 5.74) is 0. The highest BCUT2D eigenvalue weighted by Crippen LogP contribution is 2.28. The fourth-order valence-corrected chi connectivity index (χ4v) is 1.88. The zero-order chi connectivity index (χ0) is 9.97. The van der Waals surface area contributed by atoms with E-state index in [1.165, 1.54) is 0 Å². The van der Waals surface area contributed by atoms with Gasteiger partial charge in [-0.1, -0.05) is 0 Å². The van der Waals surface area contributed by atoms with Crippen LogP contribution in [0.4, 0.5) is 5.82 Å². The molecular weight excluding hydrogens is 246 g/mol. The summed E-state index contributed by atoms with van der Waals surface area (Å²) in [4.78, 5) is 8.62. The van der Waals surface area contributed by atoms with Gasteiger partial charge < -0.3 is 10.1 Å². The van der Waals surface area contributed by atoms with Crippen LogP contribution in [0, 0.1) is 0 Å².